The van der Waals surface area contributed by atoms with E-state index < -0.39 is 0 Å². The first-order valence-electron chi connectivity index (χ1n) is 6.02. The van der Waals surface area contributed by atoms with E-state index in [9.17, 15) is 0 Å². The zero-order chi connectivity index (χ0) is 11.4. The van der Waals surface area contributed by atoms with E-state index in [0.29, 0.717) is 6.04 Å². The van der Waals surface area contributed by atoms with Crippen LogP contribution in [0.3, 0.4) is 0 Å². The summed E-state index contributed by atoms with van der Waals surface area (Å²) in [5.41, 5.74) is 1.95. The molecule has 16 heavy (non-hydrogen) atoms. The van der Waals surface area contributed by atoms with Gasteiger partial charge >= 0.3 is 0 Å². The van der Waals surface area contributed by atoms with Gasteiger partial charge in [0.15, 0.2) is 0 Å². The quantitative estimate of drug-likeness (QED) is 0.836. The van der Waals surface area contributed by atoms with Crippen molar-refractivity contribution in [3.8, 4) is 6.07 Å². The zero-order valence-corrected chi connectivity index (χ0v) is 9.74. The summed E-state index contributed by atoms with van der Waals surface area (Å²) in [6, 6.07) is 10.6. The van der Waals surface area contributed by atoms with Gasteiger partial charge in [-0.2, -0.15) is 5.26 Å². The number of hydrogen-bond donors (Lipinski definition) is 1. The molecule has 2 nitrogen and oxygen atoms in total. The second kappa shape index (κ2) is 5.14. The molecule has 0 bridgehead atoms. The maximum Gasteiger partial charge on any atom is 0.0991 e. The third-order valence-electron chi connectivity index (χ3n) is 3.54. The Labute approximate surface area is 97.3 Å². The lowest BCUT2D eigenvalue weighted by atomic mass is 9.80. The molecule has 1 N–H and O–H groups in total. The minimum Gasteiger partial charge on any atom is -0.310 e. The van der Waals surface area contributed by atoms with Crippen molar-refractivity contribution in [3.05, 3.63) is 35.4 Å². The van der Waals surface area contributed by atoms with Gasteiger partial charge in [-0.25, -0.2) is 0 Å². The molecule has 0 amide bonds. The number of nitriles is 1. The summed E-state index contributed by atoms with van der Waals surface area (Å²) in [5, 5.41) is 12.3. The van der Waals surface area contributed by atoms with Gasteiger partial charge in [0, 0.05) is 12.6 Å². The van der Waals surface area contributed by atoms with E-state index in [2.05, 4.69) is 24.4 Å². The van der Waals surface area contributed by atoms with Crippen molar-refractivity contribution in [1.29, 1.82) is 5.26 Å². The fourth-order valence-electron chi connectivity index (χ4n) is 2.14. The summed E-state index contributed by atoms with van der Waals surface area (Å²) in [6.45, 7) is 3.13. The highest BCUT2D eigenvalue weighted by Crippen LogP contribution is 2.29. The van der Waals surface area contributed by atoms with E-state index in [1.54, 1.807) is 0 Å². The maximum atomic E-state index is 8.80. The van der Waals surface area contributed by atoms with E-state index in [0.717, 1.165) is 18.0 Å². The Morgan fingerprint density at radius 1 is 1.50 bits per heavy atom. The molecule has 84 valence electrons. The van der Waals surface area contributed by atoms with Crippen LogP contribution in [0.4, 0.5) is 0 Å². The molecule has 1 aliphatic carbocycles. The molecule has 2 rings (SSSR count). The van der Waals surface area contributed by atoms with Crippen LogP contribution < -0.4 is 5.32 Å². The van der Waals surface area contributed by atoms with Crippen LogP contribution in [-0.4, -0.2) is 6.04 Å². The van der Waals surface area contributed by atoms with E-state index in [-0.39, 0.29) is 0 Å². The van der Waals surface area contributed by atoms with Crippen LogP contribution in [0.2, 0.25) is 0 Å². The predicted octanol–water partition coefficient (Wildman–Crippen LogP) is 2.84. The first-order chi connectivity index (χ1) is 7.79. The molecule has 1 aliphatic rings. The number of nitrogens with one attached hydrogen (secondary N) is 1. The van der Waals surface area contributed by atoms with Crippen LogP contribution in [-0.2, 0) is 6.54 Å². The second-order valence-electron chi connectivity index (χ2n) is 4.67. The third-order valence-corrected chi connectivity index (χ3v) is 3.54. The van der Waals surface area contributed by atoms with Crippen molar-refractivity contribution in [2.75, 3.05) is 0 Å². The molecule has 0 radical (unpaired) electrons. The molecular weight excluding hydrogens is 196 g/mol. The molecule has 0 aliphatic heterocycles. The monoisotopic (exact) mass is 214 g/mol. The van der Waals surface area contributed by atoms with E-state index in [4.69, 9.17) is 5.26 Å². The highest BCUT2D eigenvalue weighted by atomic mass is 14.9. The van der Waals surface area contributed by atoms with Gasteiger partial charge in [0.25, 0.3) is 0 Å². The third kappa shape index (κ3) is 2.62. The topological polar surface area (TPSA) is 35.8 Å². The minimum absolute atomic E-state index is 0.597. The SMILES string of the molecule is CC(NCc1cccc(C#N)c1)C1CCC1. The molecule has 1 saturated carbocycles. The highest BCUT2D eigenvalue weighted by Gasteiger charge is 2.23. The smallest absolute Gasteiger partial charge is 0.0991 e. The highest BCUT2D eigenvalue weighted by molar-refractivity contribution is 5.32. The van der Waals surface area contributed by atoms with Crippen LogP contribution in [0.1, 0.15) is 37.3 Å². The predicted molar refractivity (Wildman–Crippen MR) is 64.8 cm³/mol. The first kappa shape index (κ1) is 11.2. The summed E-state index contributed by atoms with van der Waals surface area (Å²) in [4.78, 5) is 0. The molecular formula is C14H18N2. The van der Waals surface area contributed by atoms with Gasteiger partial charge in [0.2, 0.25) is 0 Å². The Kier molecular flexibility index (Phi) is 3.58. The van der Waals surface area contributed by atoms with Gasteiger partial charge in [-0.3, -0.25) is 0 Å². The van der Waals surface area contributed by atoms with Crippen molar-refractivity contribution < 1.29 is 0 Å². The molecule has 0 aromatic heterocycles. The average Bonchev–Trinajstić information content (AvgIpc) is 2.24. The summed E-state index contributed by atoms with van der Waals surface area (Å²) in [7, 11) is 0. The number of hydrogen-bond acceptors (Lipinski definition) is 2. The van der Waals surface area contributed by atoms with Crippen molar-refractivity contribution in [2.45, 2.75) is 38.8 Å². The molecule has 1 fully saturated rings. The van der Waals surface area contributed by atoms with Gasteiger partial charge in [-0.1, -0.05) is 18.6 Å². The molecule has 0 heterocycles. The maximum absolute atomic E-state index is 8.80. The summed E-state index contributed by atoms with van der Waals surface area (Å²) in [5.74, 6) is 0.860. The Morgan fingerprint density at radius 3 is 2.94 bits per heavy atom. The number of rotatable bonds is 4. The standard InChI is InChI=1S/C14H18N2/c1-11(14-6-3-7-14)16-10-13-5-2-4-12(8-13)9-15/h2,4-5,8,11,14,16H,3,6-7,10H2,1H3. The normalized spacial score (nSPS) is 17.5. The second-order valence-corrected chi connectivity index (χ2v) is 4.67. The van der Waals surface area contributed by atoms with E-state index >= 15 is 0 Å². The fourth-order valence-corrected chi connectivity index (χ4v) is 2.14. The number of benzene rings is 1. The lowest BCUT2D eigenvalue weighted by Gasteiger charge is -2.32. The van der Waals surface area contributed by atoms with Gasteiger partial charge in [0.05, 0.1) is 11.6 Å². The Bertz CT molecular complexity index is 388. The zero-order valence-electron chi connectivity index (χ0n) is 9.74. The summed E-state index contributed by atoms with van der Waals surface area (Å²) in [6.07, 6.45) is 4.12. The molecule has 0 saturated heterocycles. The molecule has 0 spiro atoms. The van der Waals surface area contributed by atoms with Crippen molar-refractivity contribution in [3.63, 3.8) is 0 Å². The van der Waals surface area contributed by atoms with Crippen LogP contribution in [0.15, 0.2) is 24.3 Å². The lowest BCUT2D eigenvalue weighted by molar-refractivity contribution is 0.240. The molecule has 1 aromatic carbocycles. The van der Waals surface area contributed by atoms with E-state index in [1.165, 1.54) is 24.8 Å². The lowest BCUT2D eigenvalue weighted by Crippen LogP contribution is -2.36. The van der Waals surface area contributed by atoms with E-state index in [1.807, 2.05) is 18.2 Å². The van der Waals surface area contributed by atoms with Crippen molar-refractivity contribution in [1.82, 2.24) is 5.32 Å². The van der Waals surface area contributed by atoms with Crippen LogP contribution in [0.25, 0.3) is 0 Å². The minimum atomic E-state index is 0.597. The molecule has 1 atom stereocenters. The average molecular weight is 214 g/mol. The summed E-state index contributed by atoms with van der Waals surface area (Å²) < 4.78 is 0. The van der Waals surface area contributed by atoms with Gasteiger partial charge in [-0.15, -0.1) is 0 Å². The van der Waals surface area contributed by atoms with Crippen LogP contribution in [0, 0.1) is 17.2 Å². The number of nitrogens with zero attached hydrogens (tertiary/aromatic N) is 1. The van der Waals surface area contributed by atoms with Gasteiger partial charge < -0.3 is 5.32 Å². The molecule has 2 heteroatoms. The van der Waals surface area contributed by atoms with Crippen molar-refractivity contribution in [2.24, 2.45) is 5.92 Å². The van der Waals surface area contributed by atoms with Crippen LogP contribution in [0.5, 0.6) is 0 Å². The first-order valence-corrected chi connectivity index (χ1v) is 6.02. The van der Waals surface area contributed by atoms with Gasteiger partial charge in [0.1, 0.15) is 0 Å². The molecule has 1 unspecified atom stereocenters. The van der Waals surface area contributed by atoms with Gasteiger partial charge in [-0.05, 0) is 43.4 Å². The molecule has 1 aromatic rings. The largest absolute Gasteiger partial charge is 0.310 e. The Hall–Kier alpha value is -1.33. The van der Waals surface area contributed by atoms with Crippen LogP contribution >= 0.6 is 0 Å². The summed E-state index contributed by atoms with van der Waals surface area (Å²) >= 11 is 0. The Balaban J connectivity index is 1.86. The van der Waals surface area contributed by atoms with Crippen molar-refractivity contribution >= 4 is 0 Å². The fraction of sp³-hybridized carbons (Fsp3) is 0.500. The Morgan fingerprint density at radius 2 is 2.31 bits per heavy atom.